The highest BCUT2D eigenvalue weighted by molar-refractivity contribution is 7.13. The van der Waals surface area contributed by atoms with Crippen LogP contribution in [0.25, 0.3) is 0 Å². The Hall–Kier alpha value is -3.49. The van der Waals surface area contributed by atoms with Gasteiger partial charge in [-0.15, -0.1) is 11.3 Å². The number of thiazole rings is 1. The zero-order chi connectivity index (χ0) is 30.1. The second-order valence-corrected chi connectivity index (χ2v) is 9.95. The number of hydrogen-bond donors (Lipinski definition) is 1. The van der Waals surface area contributed by atoms with Crippen molar-refractivity contribution < 1.29 is 54.2 Å². The summed E-state index contributed by atoms with van der Waals surface area (Å²) < 4.78 is 125. The molecule has 0 aliphatic carbocycles. The molecule has 3 rings (SSSR count). The predicted molar refractivity (Wildman–Crippen MR) is 127 cm³/mol. The molecule has 0 atom stereocenters. The van der Waals surface area contributed by atoms with Crippen molar-refractivity contribution in [2.45, 2.75) is 50.9 Å². The summed E-state index contributed by atoms with van der Waals surface area (Å²) in [5.41, 5.74) is -5.88. The molecular formula is C25H21F9N2O3S. The van der Waals surface area contributed by atoms with Gasteiger partial charge in [0.2, 0.25) is 0 Å². The zero-order valence-electron chi connectivity index (χ0n) is 20.7. The van der Waals surface area contributed by atoms with Gasteiger partial charge in [-0.1, -0.05) is 18.2 Å². The van der Waals surface area contributed by atoms with Gasteiger partial charge < -0.3 is 14.7 Å². The van der Waals surface area contributed by atoms with Crippen LogP contribution in [-0.4, -0.2) is 28.2 Å². The van der Waals surface area contributed by atoms with Crippen molar-refractivity contribution in [3.63, 3.8) is 0 Å². The van der Waals surface area contributed by atoms with E-state index in [0.29, 0.717) is 34.4 Å². The van der Waals surface area contributed by atoms with Gasteiger partial charge in [0.05, 0.1) is 11.1 Å². The van der Waals surface area contributed by atoms with Gasteiger partial charge >= 0.3 is 24.5 Å². The molecule has 2 aromatic carbocycles. The van der Waals surface area contributed by atoms with Gasteiger partial charge in [-0.3, -0.25) is 0 Å². The van der Waals surface area contributed by atoms with E-state index in [1.54, 1.807) is 0 Å². The van der Waals surface area contributed by atoms with E-state index in [0.717, 1.165) is 4.90 Å². The minimum atomic E-state index is -5.16. The predicted octanol–water partition coefficient (Wildman–Crippen LogP) is 7.69. The summed E-state index contributed by atoms with van der Waals surface area (Å²) in [4.78, 5) is 15.9. The molecule has 0 saturated carbocycles. The molecule has 0 aliphatic heterocycles. The van der Waals surface area contributed by atoms with E-state index in [1.807, 2.05) is 0 Å². The van der Waals surface area contributed by atoms with Crippen molar-refractivity contribution >= 4 is 22.4 Å². The standard InChI is InChI=1S/C25H21F9N2O3S/c1-22(2,20(37)38)39-17-7-3-14(4-8-17)9-10-36(21-35-19(13-40-21)25(32,33)34)12-15-5-6-16(23(26,27)28)11-18(15)24(29,30)31/h3-8,11,13H,9-10,12H2,1-2H3,(H,37,38). The Morgan fingerprint density at radius 3 is 2.05 bits per heavy atom. The zero-order valence-corrected chi connectivity index (χ0v) is 21.5. The van der Waals surface area contributed by atoms with Crippen LogP contribution in [0.1, 0.15) is 41.8 Å². The molecule has 0 spiro atoms. The Kier molecular flexibility index (Phi) is 8.67. The number of benzene rings is 2. The second-order valence-electron chi connectivity index (χ2n) is 9.11. The number of carboxylic acid groups (broad SMARTS) is 1. The molecule has 1 aromatic heterocycles. The molecule has 3 aromatic rings. The smallest absolute Gasteiger partial charge is 0.434 e. The van der Waals surface area contributed by atoms with E-state index >= 15 is 0 Å². The largest absolute Gasteiger partial charge is 0.478 e. The fourth-order valence-electron chi connectivity index (χ4n) is 3.47. The summed E-state index contributed by atoms with van der Waals surface area (Å²) >= 11 is 0.529. The van der Waals surface area contributed by atoms with Gasteiger partial charge in [0.15, 0.2) is 16.4 Å². The van der Waals surface area contributed by atoms with Gasteiger partial charge in [0.1, 0.15) is 5.75 Å². The van der Waals surface area contributed by atoms with Crippen LogP contribution in [0.4, 0.5) is 44.6 Å². The minimum Gasteiger partial charge on any atom is -0.478 e. The van der Waals surface area contributed by atoms with Crippen molar-refractivity contribution in [2.24, 2.45) is 0 Å². The van der Waals surface area contributed by atoms with E-state index in [9.17, 15) is 49.4 Å². The SMILES string of the molecule is CC(C)(Oc1ccc(CCN(Cc2ccc(C(F)(F)F)cc2C(F)(F)F)c2nc(C(F)(F)F)cs2)cc1)C(=O)O. The molecule has 0 radical (unpaired) electrons. The van der Waals surface area contributed by atoms with Crippen molar-refractivity contribution in [1.82, 2.24) is 4.98 Å². The van der Waals surface area contributed by atoms with Crippen LogP contribution >= 0.6 is 11.3 Å². The number of aliphatic carboxylic acids is 1. The number of carbonyl (C=O) groups is 1. The molecule has 15 heteroatoms. The van der Waals surface area contributed by atoms with Crippen molar-refractivity contribution in [1.29, 1.82) is 0 Å². The first kappa shape index (κ1) is 31.0. The van der Waals surface area contributed by atoms with Gasteiger partial charge in [0, 0.05) is 18.5 Å². The quantitative estimate of drug-likeness (QED) is 0.255. The molecule has 1 N–H and O–H groups in total. The van der Waals surface area contributed by atoms with Crippen LogP contribution in [0.3, 0.4) is 0 Å². The van der Waals surface area contributed by atoms with E-state index < -0.39 is 59.0 Å². The maximum Gasteiger partial charge on any atom is 0.434 e. The molecule has 0 aliphatic rings. The summed E-state index contributed by atoms with van der Waals surface area (Å²) in [5.74, 6) is -1.00. The first-order valence-electron chi connectivity index (χ1n) is 11.3. The topological polar surface area (TPSA) is 62.7 Å². The number of rotatable bonds is 9. The molecule has 0 bridgehead atoms. The number of ether oxygens (including phenoxy) is 1. The molecule has 1 heterocycles. The second kappa shape index (κ2) is 11.2. The lowest BCUT2D eigenvalue weighted by atomic mass is 10.0. The first-order valence-corrected chi connectivity index (χ1v) is 12.2. The van der Waals surface area contributed by atoms with Crippen LogP contribution in [0.2, 0.25) is 0 Å². The van der Waals surface area contributed by atoms with Crippen LogP contribution < -0.4 is 9.64 Å². The van der Waals surface area contributed by atoms with Gasteiger partial charge in [0.25, 0.3) is 0 Å². The maximum atomic E-state index is 13.7. The Morgan fingerprint density at radius 2 is 1.55 bits per heavy atom. The molecule has 0 fully saturated rings. The Morgan fingerprint density at radius 1 is 0.925 bits per heavy atom. The average Bonchev–Trinajstić information content (AvgIpc) is 3.32. The summed E-state index contributed by atoms with van der Waals surface area (Å²) in [7, 11) is 0. The van der Waals surface area contributed by atoms with Gasteiger partial charge in [-0.05, 0) is 55.7 Å². The van der Waals surface area contributed by atoms with Crippen molar-refractivity contribution in [2.75, 3.05) is 11.4 Å². The third-order valence-electron chi connectivity index (χ3n) is 5.64. The summed E-state index contributed by atoms with van der Waals surface area (Å²) in [6, 6.07) is 7.06. The molecule has 218 valence electrons. The number of anilines is 1. The van der Waals surface area contributed by atoms with Crippen molar-refractivity contribution in [3.8, 4) is 5.75 Å². The molecular weight excluding hydrogens is 579 g/mol. The lowest BCUT2D eigenvalue weighted by molar-refractivity contribution is -0.152. The van der Waals surface area contributed by atoms with Crippen LogP contribution in [0.5, 0.6) is 5.75 Å². The number of carboxylic acids is 1. The fraction of sp³-hybridized carbons (Fsp3) is 0.360. The highest BCUT2D eigenvalue weighted by Crippen LogP contribution is 2.39. The highest BCUT2D eigenvalue weighted by Gasteiger charge is 2.39. The van der Waals surface area contributed by atoms with E-state index in [-0.39, 0.29) is 29.9 Å². The van der Waals surface area contributed by atoms with Gasteiger partial charge in [-0.25, -0.2) is 9.78 Å². The monoisotopic (exact) mass is 600 g/mol. The average molecular weight is 601 g/mol. The molecule has 0 unspecified atom stereocenters. The molecule has 5 nitrogen and oxygen atoms in total. The summed E-state index contributed by atoms with van der Waals surface area (Å²) in [6.07, 6.45) is -14.9. The van der Waals surface area contributed by atoms with Crippen LogP contribution in [0.15, 0.2) is 47.8 Å². The number of alkyl halides is 9. The number of aromatic nitrogens is 1. The summed E-state index contributed by atoms with van der Waals surface area (Å²) in [5, 5.41) is 9.59. The number of halogens is 9. The summed E-state index contributed by atoms with van der Waals surface area (Å²) in [6.45, 7) is 1.84. The maximum absolute atomic E-state index is 13.7. The first-order chi connectivity index (χ1) is 18.3. The van der Waals surface area contributed by atoms with E-state index in [2.05, 4.69) is 4.98 Å². The normalized spacial score (nSPS) is 12.9. The fourth-order valence-corrected chi connectivity index (χ4v) is 4.33. The number of hydrogen-bond acceptors (Lipinski definition) is 5. The molecule has 0 amide bonds. The van der Waals surface area contributed by atoms with Crippen molar-refractivity contribution in [3.05, 3.63) is 75.8 Å². The lowest BCUT2D eigenvalue weighted by Crippen LogP contribution is -2.37. The van der Waals surface area contributed by atoms with E-state index in [4.69, 9.17) is 4.74 Å². The molecule has 0 saturated heterocycles. The van der Waals surface area contributed by atoms with Crippen LogP contribution in [0, 0.1) is 0 Å². The van der Waals surface area contributed by atoms with Gasteiger partial charge in [-0.2, -0.15) is 39.5 Å². The number of nitrogens with zero attached hydrogens (tertiary/aromatic N) is 2. The highest BCUT2D eigenvalue weighted by atomic mass is 32.1. The van der Waals surface area contributed by atoms with Crippen LogP contribution in [-0.2, 0) is 36.3 Å². The Bertz CT molecular complexity index is 1330. The Balaban J connectivity index is 1.91. The minimum absolute atomic E-state index is 0.0339. The third-order valence-corrected chi connectivity index (χ3v) is 6.54. The van der Waals surface area contributed by atoms with E-state index in [1.165, 1.54) is 38.1 Å². The third kappa shape index (κ3) is 7.79. The Labute approximate surface area is 225 Å². The lowest BCUT2D eigenvalue weighted by Gasteiger charge is -2.25. The molecule has 40 heavy (non-hydrogen) atoms.